The number of thiophene rings is 1. The average molecular weight is 770 g/mol. The molecule has 0 aliphatic heterocycles. The summed E-state index contributed by atoms with van der Waals surface area (Å²) in [6, 6.07) is 66.2. The van der Waals surface area contributed by atoms with Gasteiger partial charge >= 0.3 is 0 Å². The molecule has 0 N–H and O–H groups in total. The number of fused-ring (bicyclic) bond motifs is 9. The summed E-state index contributed by atoms with van der Waals surface area (Å²) in [5.74, 6) is 0.576. The van der Waals surface area contributed by atoms with E-state index < -0.39 is 0 Å². The van der Waals surface area contributed by atoms with Gasteiger partial charge < -0.3 is 4.57 Å². The number of rotatable bonds is 5. The third kappa shape index (κ3) is 5.23. The number of nitrogens with zero attached hydrogens (tertiary/aromatic N) is 5. The smallest absolute Gasteiger partial charge is 0.235 e. The Kier molecular flexibility index (Phi) is 7.40. The van der Waals surface area contributed by atoms with E-state index in [1.165, 1.54) is 47.7 Å². The quantitative estimate of drug-likeness (QED) is 0.164. The fourth-order valence-corrected chi connectivity index (χ4v) is 10.1. The first-order valence-corrected chi connectivity index (χ1v) is 20.4. The Bertz CT molecular complexity index is 3700. The highest BCUT2D eigenvalue weighted by Gasteiger charge is 2.20. The molecule has 0 saturated heterocycles. The maximum atomic E-state index is 7.67. The van der Waals surface area contributed by atoms with Crippen molar-refractivity contribution in [3.63, 3.8) is 0 Å². The molecule has 0 saturated carbocycles. The maximum Gasteiger partial charge on any atom is 0.235 e. The van der Waals surface area contributed by atoms with Gasteiger partial charge in [-0.15, -0.1) is 11.3 Å². The van der Waals surface area contributed by atoms with E-state index in [1.54, 1.807) is 0 Å². The van der Waals surface area contributed by atoms with Crippen LogP contribution in [0.4, 0.5) is 5.69 Å². The number of hydrogen-bond acceptors (Lipinski definition) is 3. The first-order valence-electron chi connectivity index (χ1n) is 19.6. The van der Waals surface area contributed by atoms with E-state index in [1.807, 2.05) is 59.9 Å². The third-order valence-electron chi connectivity index (χ3n) is 11.6. The second kappa shape index (κ2) is 13.1. The minimum absolute atomic E-state index is 0.572. The molecule has 4 aromatic heterocycles. The Morgan fingerprint density at radius 1 is 0.407 bits per heavy atom. The molecule has 8 aromatic carbocycles. The van der Waals surface area contributed by atoms with Crippen LogP contribution in [0.25, 0.3) is 114 Å². The van der Waals surface area contributed by atoms with Crippen LogP contribution in [0, 0.1) is 6.57 Å². The minimum Gasteiger partial charge on any atom is -0.308 e. The molecule has 12 aromatic rings. The molecule has 274 valence electrons. The molecule has 4 heterocycles. The van der Waals surface area contributed by atoms with Gasteiger partial charge in [-0.2, -0.15) is 0 Å². The highest BCUT2D eigenvalue weighted by molar-refractivity contribution is 7.26. The van der Waals surface area contributed by atoms with Crippen molar-refractivity contribution in [1.82, 2.24) is 19.1 Å². The van der Waals surface area contributed by atoms with Crippen molar-refractivity contribution >= 4 is 80.8 Å². The zero-order chi connectivity index (χ0) is 39.0. The molecule has 59 heavy (non-hydrogen) atoms. The first kappa shape index (κ1) is 33.3. The van der Waals surface area contributed by atoms with Crippen molar-refractivity contribution in [2.75, 3.05) is 0 Å². The highest BCUT2D eigenvalue weighted by Crippen LogP contribution is 2.42. The SMILES string of the molecule is [C-]#[N+]c1cccc(-c2cc(-c3ccccc3)nc(-n3c4ccccc4c4ccc(-c5ccc6c(c5)c5ccccc5n6-c5cccc6c5sc5ccccc56)cc43)n2)c1. The molecule has 5 nitrogen and oxygen atoms in total. The van der Waals surface area contributed by atoms with Gasteiger partial charge in [-0.1, -0.05) is 133 Å². The Morgan fingerprint density at radius 3 is 1.85 bits per heavy atom. The molecule has 0 spiro atoms. The van der Waals surface area contributed by atoms with Gasteiger partial charge in [-0.25, -0.2) is 14.8 Å². The lowest BCUT2D eigenvalue weighted by Gasteiger charge is -2.12. The number of aromatic nitrogens is 4. The first-order chi connectivity index (χ1) is 29.2. The van der Waals surface area contributed by atoms with Gasteiger partial charge in [-0.05, 0) is 71.3 Å². The fourth-order valence-electron chi connectivity index (χ4n) is 8.86. The van der Waals surface area contributed by atoms with E-state index in [0.717, 1.165) is 55.4 Å². The lowest BCUT2D eigenvalue weighted by molar-refractivity contribution is 0.996. The van der Waals surface area contributed by atoms with Gasteiger partial charge in [0.05, 0.1) is 50.4 Å². The number of hydrogen-bond donors (Lipinski definition) is 0. The van der Waals surface area contributed by atoms with Gasteiger partial charge in [0.1, 0.15) is 0 Å². The Morgan fingerprint density at radius 2 is 1.02 bits per heavy atom. The van der Waals surface area contributed by atoms with E-state index in [4.69, 9.17) is 16.5 Å². The van der Waals surface area contributed by atoms with Crippen LogP contribution in [0.5, 0.6) is 0 Å². The van der Waals surface area contributed by atoms with E-state index in [0.29, 0.717) is 11.6 Å². The van der Waals surface area contributed by atoms with Gasteiger partial charge in [0.15, 0.2) is 5.69 Å². The molecule has 0 atom stereocenters. The second-order valence-electron chi connectivity index (χ2n) is 14.9. The lowest BCUT2D eigenvalue weighted by Crippen LogP contribution is -2.04. The van der Waals surface area contributed by atoms with Crippen molar-refractivity contribution < 1.29 is 0 Å². The van der Waals surface area contributed by atoms with E-state index >= 15 is 0 Å². The summed E-state index contributed by atoms with van der Waals surface area (Å²) in [6.07, 6.45) is 0. The van der Waals surface area contributed by atoms with Crippen LogP contribution in [-0.4, -0.2) is 19.1 Å². The van der Waals surface area contributed by atoms with Crippen molar-refractivity contribution in [2.24, 2.45) is 0 Å². The third-order valence-corrected chi connectivity index (χ3v) is 12.8. The van der Waals surface area contributed by atoms with Crippen LogP contribution >= 0.6 is 11.3 Å². The Labute approximate surface area is 343 Å². The van der Waals surface area contributed by atoms with Crippen molar-refractivity contribution in [1.29, 1.82) is 0 Å². The molecule has 0 fully saturated rings. The molecule has 0 aliphatic rings. The van der Waals surface area contributed by atoms with Crippen LogP contribution in [0.1, 0.15) is 0 Å². The molecule has 0 amide bonds. The standard InChI is InChI=1S/C53H31N5S/c1-54-37-16-11-15-36(29-37)45-32-44(33-13-3-2-4-14-33)55-53(56-45)58-47-22-9-5-17-38(47)40-27-25-35(31-50(40)58)34-26-28-48-43(30-34)39-18-6-8-21-46(39)57(48)49-23-12-20-42-41-19-7-10-24-51(41)59-52(42)49/h2-32H. The van der Waals surface area contributed by atoms with Crippen molar-refractivity contribution in [3.05, 3.63) is 199 Å². The molecular weight excluding hydrogens is 739 g/mol. The Hall–Kier alpha value is -7.85. The zero-order valence-electron chi connectivity index (χ0n) is 31.5. The van der Waals surface area contributed by atoms with Crippen LogP contribution < -0.4 is 0 Å². The summed E-state index contributed by atoms with van der Waals surface area (Å²) in [5.41, 5.74) is 11.9. The van der Waals surface area contributed by atoms with E-state index in [9.17, 15) is 0 Å². The lowest BCUT2D eigenvalue weighted by atomic mass is 10.0. The Balaban J connectivity index is 1.07. The minimum atomic E-state index is 0.572. The predicted molar refractivity (Wildman–Crippen MR) is 246 cm³/mol. The van der Waals surface area contributed by atoms with E-state index in [-0.39, 0.29) is 0 Å². The van der Waals surface area contributed by atoms with Crippen LogP contribution in [0.15, 0.2) is 188 Å². The van der Waals surface area contributed by atoms with E-state index in [2.05, 4.69) is 154 Å². The topological polar surface area (TPSA) is 40.0 Å². The predicted octanol–water partition coefficient (Wildman–Crippen LogP) is 14.6. The number of benzene rings is 8. The summed E-state index contributed by atoms with van der Waals surface area (Å²) in [4.78, 5) is 14.2. The van der Waals surface area contributed by atoms with Crippen LogP contribution in [-0.2, 0) is 0 Å². The van der Waals surface area contributed by atoms with Crippen molar-refractivity contribution in [3.8, 4) is 45.3 Å². The molecular formula is C53H31N5S. The summed E-state index contributed by atoms with van der Waals surface area (Å²) in [7, 11) is 0. The molecule has 6 heteroatoms. The van der Waals surface area contributed by atoms with Gasteiger partial charge in [0.2, 0.25) is 5.95 Å². The monoisotopic (exact) mass is 769 g/mol. The molecule has 0 bridgehead atoms. The normalized spacial score (nSPS) is 11.7. The van der Waals surface area contributed by atoms with Crippen LogP contribution in [0.3, 0.4) is 0 Å². The van der Waals surface area contributed by atoms with Gasteiger partial charge in [0, 0.05) is 42.6 Å². The van der Waals surface area contributed by atoms with Gasteiger partial charge in [0.25, 0.3) is 0 Å². The highest BCUT2D eigenvalue weighted by atomic mass is 32.1. The summed E-state index contributed by atoms with van der Waals surface area (Å²) < 4.78 is 7.22. The number of para-hydroxylation sites is 2. The largest absolute Gasteiger partial charge is 0.308 e. The summed E-state index contributed by atoms with van der Waals surface area (Å²) in [5, 5.41) is 7.28. The molecule has 12 rings (SSSR count). The maximum absolute atomic E-state index is 7.67. The second-order valence-corrected chi connectivity index (χ2v) is 15.9. The summed E-state index contributed by atoms with van der Waals surface area (Å²) in [6.45, 7) is 7.67. The van der Waals surface area contributed by atoms with Crippen molar-refractivity contribution in [2.45, 2.75) is 0 Å². The van der Waals surface area contributed by atoms with Gasteiger partial charge in [-0.3, -0.25) is 4.57 Å². The summed E-state index contributed by atoms with van der Waals surface area (Å²) >= 11 is 1.86. The average Bonchev–Trinajstić information content (AvgIpc) is 3.96. The zero-order valence-corrected chi connectivity index (χ0v) is 32.4. The fraction of sp³-hybridized carbons (Fsp3) is 0. The van der Waals surface area contributed by atoms with Crippen LogP contribution in [0.2, 0.25) is 0 Å². The molecule has 0 unspecified atom stereocenters. The molecule has 0 radical (unpaired) electrons. The molecule has 0 aliphatic carbocycles.